The SMILES string of the molecule is CC(C)Cn1c(C(C)C)nc(-c2cncn2C)c1N. The number of rotatable bonds is 4. The maximum absolute atomic E-state index is 6.31. The van der Waals surface area contributed by atoms with Crippen molar-refractivity contribution in [3.05, 3.63) is 18.3 Å². The highest BCUT2D eigenvalue weighted by Crippen LogP contribution is 2.29. The van der Waals surface area contributed by atoms with Gasteiger partial charge < -0.3 is 14.9 Å². The first-order valence-electron chi connectivity index (χ1n) is 6.74. The summed E-state index contributed by atoms with van der Waals surface area (Å²) >= 11 is 0. The van der Waals surface area contributed by atoms with Gasteiger partial charge in [-0.05, 0) is 5.92 Å². The van der Waals surface area contributed by atoms with Crippen molar-refractivity contribution >= 4 is 5.82 Å². The molecule has 0 spiro atoms. The topological polar surface area (TPSA) is 61.7 Å². The third kappa shape index (κ3) is 2.50. The van der Waals surface area contributed by atoms with Crippen molar-refractivity contribution in [2.24, 2.45) is 13.0 Å². The van der Waals surface area contributed by atoms with Crippen LogP contribution in [0, 0.1) is 5.92 Å². The van der Waals surface area contributed by atoms with Crippen molar-refractivity contribution in [2.45, 2.75) is 40.2 Å². The van der Waals surface area contributed by atoms with Crippen LogP contribution in [0.25, 0.3) is 11.4 Å². The molecule has 0 atom stereocenters. The number of nitrogens with two attached hydrogens (primary N) is 1. The number of nitrogen functional groups attached to an aromatic ring is 1. The Bertz CT molecular complexity index is 562. The van der Waals surface area contributed by atoms with E-state index in [1.165, 1.54) is 0 Å². The lowest BCUT2D eigenvalue weighted by molar-refractivity contribution is 0.502. The highest BCUT2D eigenvalue weighted by molar-refractivity contribution is 5.68. The second-order valence-electron chi connectivity index (χ2n) is 5.75. The molecule has 0 amide bonds. The second kappa shape index (κ2) is 5.07. The van der Waals surface area contributed by atoms with Gasteiger partial charge in [-0.15, -0.1) is 0 Å². The Hall–Kier alpha value is -1.78. The van der Waals surface area contributed by atoms with Crippen LogP contribution in [-0.2, 0) is 13.6 Å². The third-order valence-electron chi connectivity index (χ3n) is 3.16. The van der Waals surface area contributed by atoms with E-state index in [-0.39, 0.29) is 0 Å². The van der Waals surface area contributed by atoms with Crippen LogP contribution in [0.2, 0.25) is 0 Å². The molecule has 0 bridgehead atoms. The molecule has 2 aromatic rings. The summed E-state index contributed by atoms with van der Waals surface area (Å²) in [7, 11) is 1.96. The summed E-state index contributed by atoms with van der Waals surface area (Å²) in [5.41, 5.74) is 8.11. The van der Waals surface area contributed by atoms with Crippen molar-refractivity contribution in [1.82, 2.24) is 19.1 Å². The molecule has 0 saturated carbocycles. The van der Waals surface area contributed by atoms with Crippen molar-refractivity contribution in [1.29, 1.82) is 0 Å². The molecule has 0 aliphatic rings. The minimum Gasteiger partial charge on any atom is -0.383 e. The van der Waals surface area contributed by atoms with Crippen LogP contribution in [0.3, 0.4) is 0 Å². The fourth-order valence-electron chi connectivity index (χ4n) is 2.26. The molecule has 0 aromatic carbocycles. The summed E-state index contributed by atoms with van der Waals surface area (Å²) in [6, 6.07) is 0. The van der Waals surface area contributed by atoms with E-state index in [1.807, 2.05) is 17.8 Å². The number of hydrogen-bond acceptors (Lipinski definition) is 3. The highest BCUT2D eigenvalue weighted by Gasteiger charge is 2.20. The number of imidazole rings is 2. The Kier molecular flexibility index (Phi) is 3.64. The number of anilines is 1. The molecule has 5 heteroatoms. The van der Waals surface area contributed by atoms with Gasteiger partial charge in [0, 0.05) is 19.5 Å². The summed E-state index contributed by atoms with van der Waals surface area (Å²) in [5.74, 6) is 2.67. The Morgan fingerprint density at radius 1 is 1.26 bits per heavy atom. The van der Waals surface area contributed by atoms with Crippen LogP contribution in [-0.4, -0.2) is 19.1 Å². The molecular weight excluding hydrogens is 238 g/mol. The first kappa shape index (κ1) is 13.6. The monoisotopic (exact) mass is 261 g/mol. The smallest absolute Gasteiger partial charge is 0.133 e. The lowest BCUT2D eigenvalue weighted by Gasteiger charge is -2.14. The van der Waals surface area contributed by atoms with Crippen LogP contribution in [0.4, 0.5) is 5.82 Å². The molecule has 0 saturated heterocycles. The summed E-state index contributed by atoms with van der Waals surface area (Å²) < 4.78 is 4.08. The molecule has 0 fully saturated rings. The van der Waals surface area contributed by atoms with Crippen molar-refractivity contribution in [3.8, 4) is 11.4 Å². The zero-order valence-corrected chi connectivity index (χ0v) is 12.4. The summed E-state index contributed by atoms with van der Waals surface area (Å²) in [6.07, 6.45) is 3.58. The molecular formula is C14H23N5. The normalized spacial score (nSPS) is 11.7. The highest BCUT2D eigenvalue weighted by atomic mass is 15.2. The number of hydrogen-bond donors (Lipinski definition) is 1. The lowest BCUT2D eigenvalue weighted by Crippen LogP contribution is -2.12. The molecule has 2 rings (SSSR count). The molecule has 0 aliphatic heterocycles. The van der Waals surface area contributed by atoms with E-state index in [0.717, 1.165) is 29.6 Å². The number of aromatic nitrogens is 4. The van der Waals surface area contributed by atoms with Gasteiger partial charge in [0.2, 0.25) is 0 Å². The van der Waals surface area contributed by atoms with Crippen LogP contribution >= 0.6 is 0 Å². The van der Waals surface area contributed by atoms with Crippen LogP contribution < -0.4 is 5.73 Å². The Morgan fingerprint density at radius 3 is 2.42 bits per heavy atom. The summed E-state index contributed by atoms with van der Waals surface area (Å²) in [6.45, 7) is 9.56. The van der Waals surface area contributed by atoms with Crippen molar-refractivity contribution in [3.63, 3.8) is 0 Å². The van der Waals surface area contributed by atoms with Gasteiger partial charge in [-0.1, -0.05) is 27.7 Å². The van der Waals surface area contributed by atoms with E-state index in [4.69, 9.17) is 10.7 Å². The first-order valence-corrected chi connectivity index (χ1v) is 6.74. The van der Waals surface area contributed by atoms with E-state index in [2.05, 4.69) is 37.2 Å². The minimum absolute atomic E-state index is 0.350. The minimum atomic E-state index is 0.350. The molecule has 5 nitrogen and oxygen atoms in total. The van der Waals surface area contributed by atoms with Gasteiger partial charge in [0.1, 0.15) is 17.3 Å². The van der Waals surface area contributed by atoms with E-state index in [1.54, 1.807) is 6.33 Å². The first-order chi connectivity index (χ1) is 8.91. The maximum atomic E-state index is 6.31. The van der Waals surface area contributed by atoms with Gasteiger partial charge >= 0.3 is 0 Å². The average molecular weight is 261 g/mol. The third-order valence-corrected chi connectivity index (χ3v) is 3.16. The Balaban J connectivity index is 2.55. The summed E-state index contributed by atoms with van der Waals surface area (Å²) in [5, 5.41) is 0. The zero-order chi connectivity index (χ0) is 14.2. The molecule has 0 aliphatic carbocycles. The predicted molar refractivity (Wildman–Crippen MR) is 77.8 cm³/mol. The van der Waals surface area contributed by atoms with Gasteiger partial charge in [-0.25, -0.2) is 9.97 Å². The zero-order valence-electron chi connectivity index (χ0n) is 12.4. The molecule has 19 heavy (non-hydrogen) atoms. The van der Waals surface area contributed by atoms with E-state index < -0.39 is 0 Å². The Morgan fingerprint density at radius 2 is 1.95 bits per heavy atom. The largest absolute Gasteiger partial charge is 0.383 e. The number of aryl methyl sites for hydroxylation is 1. The molecule has 0 radical (unpaired) electrons. The van der Waals surface area contributed by atoms with Gasteiger partial charge in [-0.2, -0.15) is 0 Å². The fourth-order valence-corrected chi connectivity index (χ4v) is 2.26. The molecule has 104 valence electrons. The average Bonchev–Trinajstić information content (AvgIpc) is 2.84. The molecule has 2 aromatic heterocycles. The molecule has 2 heterocycles. The Labute approximate surface area is 114 Å². The van der Waals surface area contributed by atoms with E-state index >= 15 is 0 Å². The van der Waals surface area contributed by atoms with Crippen LogP contribution in [0.15, 0.2) is 12.5 Å². The van der Waals surface area contributed by atoms with Crippen LogP contribution in [0.5, 0.6) is 0 Å². The fraction of sp³-hybridized carbons (Fsp3) is 0.571. The lowest BCUT2D eigenvalue weighted by atomic mass is 10.2. The van der Waals surface area contributed by atoms with E-state index in [9.17, 15) is 0 Å². The quantitative estimate of drug-likeness (QED) is 0.920. The van der Waals surface area contributed by atoms with E-state index in [0.29, 0.717) is 11.8 Å². The van der Waals surface area contributed by atoms with Gasteiger partial charge in [0.15, 0.2) is 0 Å². The van der Waals surface area contributed by atoms with Gasteiger partial charge in [0.25, 0.3) is 0 Å². The van der Waals surface area contributed by atoms with Crippen molar-refractivity contribution < 1.29 is 0 Å². The van der Waals surface area contributed by atoms with Gasteiger partial charge in [-0.3, -0.25) is 0 Å². The maximum Gasteiger partial charge on any atom is 0.133 e. The summed E-state index contributed by atoms with van der Waals surface area (Å²) in [4.78, 5) is 8.88. The van der Waals surface area contributed by atoms with Gasteiger partial charge in [0.05, 0.1) is 18.2 Å². The second-order valence-corrected chi connectivity index (χ2v) is 5.75. The number of nitrogens with zero attached hydrogens (tertiary/aromatic N) is 4. The molecule has 2 N–H and O–H groups in total. The molecule has 0 unspecified atom stereocenters. The van der Waals surface area contributed by atoms with Crippen LogP contribution in [0.1, 0.15) is 39.4 Å². The van der Waals surface area contributed by atoms with Crippen molar-refractivity contribution in [2.75, 3.05) is 5.73 Å². The standard InChI is InChI=1S/C14H23N5/c1-9(2)7-19-13(15)12(17-14(19)10(3)4)11-6-16-8-18(11)5/h6,8-10H,7,15H2,1-5H3. The predicted octanol–water partition coefficient (Wildman–Crippen LogP) is 2.65.